The Morgan fingerprint density at radius 3 is 3.07 bits per heavy atom. The number of halogens is 1. The summed E-state index contributed by atoms with van der Waals surface area (Å²) in [4.78, 5) is 18.0. The van der Waals surface area contributed by atoms with E-state index < -0.39 is 0 Å². The van der Waals surface area contributed by atoms with Gasteiger partial charge in [-0.25, -0.2) is 4.98 Å². The van der Waals surface area contributed by atoms with Crippen LogP contribution in [0.1, 0.15) is 30.4 Å². The SMILES string of the molecule is CCCCN1CCn2c(Br)cnc2C1=O. The third kappa shape index (κ3) is 1.93. The molecule has 0 bridgehead atoms. The van der Waals surface area contributed by atoms with Gasteiger partial charge in [0, 0.05) is 19.6 Å². The van der Waals surface area contributed by atoms with Gasteiger partial charge in [0.25, 0.3) is 5.91 Å². The van der Waals surface area contributed by atoms with Gasteiger partial charge in [-0.3, -0.25) is 4.79 Å². The molecule has 1 aliphatic rings. The number of unbranched alkanes of at least 4 members (excludes halogenated alkanes) is 1. The molecule has 0 aromatic carbocycles. The number of hydrogen-bond donors (Lipinski definition) is 0. The van der Waals surface area contributed by atoms with Crippen molar-refractivity contribution in [2.75, 3.05) is 13.1 Å². The molecule has 1 aromatic heterocycles. The summed E-state index contributed by atoms with van der Waals surface area (Å²) in [6, 6.07) is 0. The summed E-state index contributed by atoms with van der Waals surface area (Å²) in [5, 5.41) is 0. The molecule has 2 heterocycles. The standard InChI is InChI=1S/C10H14BrN3O/c1-2-3-4-13-5-6-14-8(11)7-12-9(14)10(13)15/h7H,2-6H2,1H3. The Morgan fingerprint density at radius 2 is 2.33 bits per heavy atom. The monoisotopic (exact) mass is 271 g/mol. The number of nitrogens with zero attached hydrogens (tertiary/aromatic N) is 3. The first kappa shape index (κ1) is 10.7. The van der Waals surface area contributed by atoms with E-state index in [1.165, 1.54) is 0 Å². The van der Waals surface area contributed by atoms with Crippen LogP contribution in [0.5, 0.6) is 0 Å². The summed E-state index contributed by atoms with van der Waals surface area (Å²) in [5.41, 5.74) is 0. The molecular formula is C10H14BrN3O. The predicted molar refractivity (Wildman–Crippen MR) is 60.7 cm³/mol. The van der Waals surface area contributed by atoms with Crippen LogP contribution in [-0.2, 0) is 6.54 Å². The number of aromatic nitrogens is 2. The molecular weight excluding hydrogens is 258 g/mol. The summed E-state index contributed by atoms with van der Waals surface area (Å²) in [6.07, 6.45) is 3.87. The van der Waals surface area contributed by atoms with Gasteiger partial charge in [-0.05, 0) is 22.4 Å². The Labute approximate surface area is 97.4 Å². The fourth-order valence-corrected chi connectivity index (χ4v) is 2.21. The highest BCUT2D eigenvalue weighted by Gasteiger charge is 2.26. The number of carbonyl (C=O) groups excluding carboxylic acids is 1. The molecule has 0 saturated heterocycles. The molecule has 0 atom stereocenters. The fraction of sp³-hybridized carbons (Fsp3) is 0.600. The zero-order valence-corrected chi connectivity index (χ0v) is 10.3. The molecule has 1 aromatic rings. The highest BCUT2D eigenvalue weighted by molar-refractivity contribution is 9.10. The van der Waals surface area contributed by atoms with Crippen LogP contribution in [0, 0.1) is 0 Å². The van der Waals surface area contributed by atoms with E-state index >= 15 is 0 Å². The molecule has 0 radical (unpaired) electrons. The molecule has 5 heteroatoms. The summed E-state index contributed by atoms with van der Waals surface area (Å²) >= 11 is 3.38. The Morgan fingerprint density at radius 1 is 1.53 bits per heavy atom. The zero-order valence-electron chi connectivity index (χ0n) is 8.74. The minimum atomic E-state index is 0.0559. The average molecular weight is 272 g/mol. The van der Waals surface area contributed by atoms with Gasteiger partial charge in [0.2, 0.25) is 0 Å². The van der Waals surface area contributed by atoms with Gasteiger partial charge in [-0.15, -0.1) is 0 Å². The maximum atomic E-state index is 12.0. The van der Waals surface area contributed by atoms with E-state index in [9.17, 15) is 4.79 Å². The number of imidazole rings is 1. The van der Waals surface area contributed by atoms with Crippen molar-refractivity contribution in [3.63, 3.8) is 0 Å². The smallest absolute Gasteiger partial charge is 0.289 e. The first-order valence-electron chi connectivity index (χ1n) is 5.24. The second-order valence-electron chi connectivity index (χ2n) is 3.70. The molecule has 0 aliphatic carbocycles. The van der Waals surface area contributed by atoms with Crippen LogP contribution in [-0.4, -0.2) is 33.4 Å². The number of amides is 1. The van der Waals surface area contributed by atoms with Gasteiger partial charge >= 0.3 is 0 Å². The summed E-state index contributed by atoms with van der Waals surface area (Å²) < 4.78 is 2.81. The van der Waals surface area contributed by atoms with Crippen molar-refractivity contribution in [2.24, 2.45) is 0 Å². The van der Waals surface area contributed by atoms with E-state index in [0.717, 1.165) is 37.1 Å². The van der Waals surface area contributed by atoms with Crippen molar-refractivity contribution >= 4 is 21.8 Å². The Hall–Kier alpha value is -0.840. The largest absolute Gasteiger partial charge is 0.334 e. The molecule has 2 rings (SSSR count). The predicted octanol–water partition coefficient (Wildman–Crippen LogP) is 1.90. The number of carbonyl (C=O) groups is 1. The van der Waals surface area contributed by atoms with Crippen LogP contribution in [0.25, 0.3) is 0 Å². The summed E-state index contributed by atoms with van der Waals surface area (Å²) in [7, 11) is 0. The maximum Gasteiger partial charge on any atom is 0.289 e. The van der Waals surface area contributed by atoms with Crippen LogP contribution in [0.2, 0.25) is 0 Å². The third-order valence-electron chi connectivity index (χ3n) is 2.66. The van der Waals surface area contributed by atoms with Gasteiger partial charge in [0.1, 0.15) is 4.60 Å². The Kier molecular flexibility index (Phi) is 3.09. The van der Waals surface area contributed by atoms with E-state index in [0.29, 0.717) is 5.82 Å². The van der Waals surface area contributed by atoms with E-state index in [1.54, 1.807) is 6.20 Å². The number of fused-ring (bicyclic) bond motifs is 1. The first-order chi connectivity index (χ1) is 7.24. The lowest BCUT2D eigenvalue weighted by Crippen LogP contribution is -2.41. The van der Waals surface area contributed by atoms with Gasteiger partial charge in [-0.1, -0.05) is 13.3 Å². The maximum absolute atomic E-state index is 12.0. The van der Waals surface area contributed by atoms with Crippen LogP contribution < -0.4 is 0 Å². The molecule has 1 aliphatic heterocycles. The number of rotatable bonds is 3. The van der Waals surface area contributed by atoms with Crippen molar-refractivity contribution in [1.29, 1.82) is 0 Å². The summed E-state index contributed by atoms with van der Waals surface area (Å²) in [6.45, 7) is 4.61. The second kappa shape index (κ2) is 4.35. The van der Waals surface area contributed by atoms with Crippen molar-refractivity contribution in [3.05, 3.63) is 16.6 Å². The molecule has 15 heavy (non-hydrogen) atoms. The van der Waals surface area contributed by atoms with Gasteiger partial charge in [0.15, 0.2) is 5.82 Å². The summed E-state index contributed by atoms with van der Waals surface area (Å²) in [5.74, 6) is 0.615. The normalized spacial score (nSPS) is 15.6. The van der Waals surface area contributed by atoms with Crippen LogP contribution >= 0.6 is 15.9 Å². The molecule has 4 nitrogen and oxygen atoms in total. The van der Waals surface area contributed by atoms with Crippen LogP contribution in [0.4, 0.5) is 0 Å². The lowest BCUT2D eigenvalue weighted by atomic mass is 10.2. The Bertz CT molecular complexity index is 375. The minimum Gasteiger partial charge on any atom is -0.334 e. The van der Waals surface area contributed by atoms with E-state index in [2.05, 4.69) is 27.8 Å². The molecule has 1 amide bonds. The quantitative estimate of drug-likeness (QED) is 0.842. The van der Waals surface area contributed by atoms with E-state index in [4.69, 9.17) is 0 Å². The average Bonchev–Trinajstić information content (AvgIpc) is 2.61. The van der Waals surface area contributed by atoms with Gasteiger partial charge in [0.05, 0.1) is 6.20 Å². The first-order valence-corrected chi connectivity index (χ1v) is 6.03. The molecule has 0 spiro atoms. The molecule has 82 valence electrons. The second-order valence-corrected chi connectivity index (χ2v) is 4.51. The highest BCUT2D eigenvalue weighted by Crippen LogP contribution is 2.18. The molecule has 0 fully saturated rings. The van der Waals surface area contributed by atoms with Crippen LogP contribution in [0.3, 0.4) is 0 Å². The number of hydrogen-bond acceptors (Lipinski definition) is 2. The van der Waals surface area contributed by atoms with E-state index in [-0.39, 0.29) is 5.91 Å². The van der Waals surface area contributed by atoms with Crippen molar-refractivity contribution in [2.45, 2.75) is 26.3 Å². The van der Waals surface area contributed by atoms with Gasteiger partial charge < -0.3 is 9.47 Å². The topological polar surface area (TPSA) is 38.1 Å². The third-order valence-corrected chi connectivity index (χ3v) is 3.29. The van der Waals surface area contributed by atoms with Crippen molar-refractivity contribution in [3.8, 4) is 0 Å². The van der Waals surface area contributed by atoms with Crippen LogP contribution in [0.15, 0.2) is 10.8 Å². The molecule has 0 saturated carbocycles. The fourth-order valence-electron chi connectivity index (χ4n) is 1.76. The van der Waals surface area contributed by atoms with Gasteiger partial charge in [-0.2, -0.15) is 0 Å². The highest BCUT2D eigenvalue weighted by atomic mass is 79.9. The lowest BCUT2D eigenvalue weighted by molar-refractivity contribution is 0.0693. The Balaban J connectivity index is 2.15. The minimum absolute atomic E-state index is 0.0559. The molecule has 0 unspecified atom stereocenters. The van der Waals surface area contributed by atoms with Crippen molar-refractivity contribution in [1.82, 2.24) is 14.5 Å². The molecule has 0 N–H and O–H groups in total. The van der Waals surface area contributed by atoms with Crippen molar-refractivity contribution < 1.29 is 4.79 Å². The van der Waals surface area contributed by atoms with E-state index in [1.807, 2.05) is 9.47 Å². The lowest BCUT2D eigenvalue weighted by Gasteiger charge is -2.27. The zero-order chi connectivity index (χ0) is 10.8.